The van der Waals surface area contributed by atoms with Gasteiger partial charge in [0, 0.05) is 19.4 Å². The number of aryl methyl sites for hydroxylation is 1. The molecule has 0 unspecified atom stereocenters. The Labute approximate surface area is 63.3 Å². The van der Waals surface area contributed by atoms with Crippen LogP contribution in [-0.4, -0.2) is 15.5 Å². The summed E-state index contributed by atoms with van der Waals surface area (Å²) in [5.74, 6) is -0.258. The number of rotatable bonds is 1. The van der Waals surface area contributed by atoms with Crippen molar-refractivity contribution in [1.29, 1.82) is 5.26 Å². The summed E-state index contributed by atoms with van der Waals surface area (Å²) < 4.78 is 1.53. The first-order valence-electron chi connectivity index (χ1n) is 2.92. The summed E-state index contributed by atoms with van der Waals surface area (Å²) in [7, 11) is 1.68. The summed E-state index contributed by atoms with van der Waals surface area (Å²) in [4.78, 5) is 14.6. The average molecular weight is 150 g/mol. The first kappa shape index (κ1) is 7.28. The summed E-state index contributed by atoms with van der Waals surface area (Å²) in [6.45, 7) is 0. The van der Waals surface area contributed by atoms with E-state index in [0.29, 0.717) is 0 Å². The maximum absolute atomic E-state index is 10.9. The molecule has 0 aliphatic carbocycles. The van der Waals surface area contributed by atoms with Crippen LogP contribution in [0.15, 0.2) is 12.4 Å². The van der Waals surface area contributed by atoms with Gasteiger partial charge in [0.1, 0.15) is 0 Å². The molecule has 1 aromatic rings. The van der Waals surface area contributed by atoms with Gasteiger partial charge in [-0.2, -0.15) is 5.26 Å². The van der Waals surface area contributed by atoms with Crippen LogP contribution in [0.4, 0.5) is 0 Å². The van der Waals surface area contributed by atoms with E-state index in [0.717, 1.165) is 0 Å². The molecule has 1 amide bonds. The third-order valence-corrected chi connectivity index (χ3v) is 1.19. The molecule has 0 saturated carbocycles. The maximum atomic E-state index is 10.9. The zero-order valence-corrected chi connectivity index (χ0v) is 5.90. The lowest BCUT2D eigenvalue weighted by atomic mass is 10.5. The van der Waals surface area contributed by atoms with Crippen LogP contribution in [0.5, 0.6) is 0 Å². The van der Waals surface area contributed by atoms with E-state index >= 15 is 0 Å². The van der Waals surface area contributed by atoms with Gasteiger partial charge in [0.2, 0.25) is 0 Å². The van der Waals surface area contributed by atoms with Gasteiger partial charge in [-0.25, -0.2) is 4.98 Å². The molecule has 11 heavy (non-hydrogen) atoms. The van der Waals surface area contributed by atoms with Gasteiger partial charge in [-0.3, -0.25) is 10.1 Å². The van der Waals surface area contributed by atoms with Gasteiger partial charge in [-0.1, -0.05) is 0 Å². The Morgan fingerprint density at radius 3 is 3.09 bits per heavy atom. The third kappa shape index (κ3) is 1.35. The Morgan fingerprint density at radius 1 is 1.91 bits per heavy atom. The lowest BCUT2D eigenvalue weighted by Crippen LogP contribution is -2.21. The fourth-order valence-corrected chi connectivity index (χ4v) is 0.691. The smallest absolute Gasteiger partial charge is 0.300 e. The predicted octanol–water partition coefficient (Wildman–Crippen LogP) is -0.369. The van der Waals surface area contributed by atoms with E-state index in [-0.39, 0.29) is 5.82 Å². The molecule has 5 nitrogen and oxygen atoms in total. The van der Waals surface area contributed by atoms with Crippen LogP contribution in [0.3, 0.4) is 0 Å². The highest BCUT2D eigenvalue weighted by Crippen LogP contribution is 1.92. The highest BCUT2D eigenvalue weighted by molar-refractivity contribution is 5.91. The molecule has 0 aliphatic heterocycles. The molecule has 0 bridgehead atoms. The van der Waals surface area contributed by atoms with Crippen LogP contribution in [0.25, 0.3) is 0 Å². The number of carbonyl (C=O) groups is 1. The monoisotopic (exact) mass is 150 g/mol. The Hall–Kier alpha value is -1.83. The molecule has 1 heterocycles. The number of nitrogens with zero attached hydrogens (tertiary/aromatic N) is 3. The lowest BCUT2D eigenvalue weighted by Gasteiger charge is -1.95. The van der Waals surface area contributed by atoms with E-state index in [1.807, 2.05) is 5.32 Å². The number of aromatic nitrogens is 2. The molecular formula is C6H6N4O. The zero-order valence-electron chi connectivity index (χ0n) is 5.90. The van der Waals surface area contributed by atoms with Crippen molar-refractivity contribution < 1.29 is 4.79 Å². The molecule has 1 rings (SSSR count). The average Bonchev–Trinajstić information content (AvgIpc) is 2.36. The minimum absolute atomic E-state index is 0.228. The maximum Gasteiger partial charge on any atom is 0.300 e. The van der Waals surface area contributed by atoms with Crippen molar-refractivity contribution in [1.82, 2.24) is 14.9 Å². The molecule has 56 valence electrons. The number of amides is 1. The first-order valence-corrected chi connectivity index (χ1v) is 2.92. The van der Waals surface area contributed by atoms with Gasteiger partial charge in [0.25, 0.3) is 5.91 Å². The normalized spacial score (nSPS) is 8.73. The molecule has 0 aromatic carbocycles. The molecular weight excluding hydrogens is 144 g/mol. The van der Waals surface area contributed by atoms with Crippen molar-refractivity contribution in [3.63, 3.8) is 0 Å². The molecule has 0 atom stereocenters. The largest absolute Gasteiger partial charge is 0.330 e. The van der Waals surface area contributed by atoms with Crippen LogP contribution in [0.1, 0.15) is 10.6 Å². The van der Waals surface area contributed by atoms with Crippen LogP contribution < -0.4 is 5.32 Å². The minimum Gasteiger partial charge on any atom is -0.330 e. The van der Waals surface area contributed by atoms with Gasteiger partial charge >= 0.3 is 0 Å². The Bertz CT molecular complexity index is 309. The van der Waals surface area contributed by atoms with Gasteiger partial charge in [-0.05, 0) is 0 Å². The van der Waals surface area contributed by atoms with E-state index in [2.05, 4.69) is 4.98 Å². The summed E-state index contributed by atoms with van der Waals surface area (Å²) in [5, 5.41) is 10.1. The molecule has 0 saturated heterocycles. The van der Waals surface area contributed by atoms with Crippen molar-refractivity contribution in [2.45, 2.75) is 0 Å². The van der Waals surface area contributed by atoms with Crippen molar-refractivity contribution >= 4 is 5.91 Å². The molecule has 5 heteroatoms. The molecule has 1 aromatic heterocycles. The summed E-state index contributed by atoms with van der Waals surface area (Å²) >= 11 is 0. The highest BCUT2D eigenvalue weighted by Gasteiger charge is 2.08. The summed E-state index contributed by atoms with van der Waals surface area (Å²) in [6.07, 6.45) is 4.65. The second-order valence-corrected chi connectivity index (χ2v) is 1.93. The van der Waals surface area contributed by atoms with Crippen molar-refractivity contribution in [3.8, 4) is 6.19 Å². The second kappa shape index (κ2) is 2.84. The van der Waals surface area contributed by atoms with Crippen LogP contribution in [-0.2, 0) is 7.05 Å². The Kier molecular flexibility index (Phi) is 1.88. The van der Waals surface area contributed by atoms with Gasteiger partial charge in [0.15, 0.2) is 12.0 Å². The zero-order chi connectivity index (χ0) is 8.27. The fourth-order valence-electron chi connectivity index (χ4n) is 0.691. The summed E-state index contributed by atoms with van der Waals surface area (Å²) in [5.41, 5.74) is 0. The Morgan fingerprint density at radius 2 is 2.64 bits per heavy atom. The quantitative estimate of drug-likeness (QED) is 0.438. The van der Waals surface area contributed by atoms with Gasteiger partial charge in [0.05, 0.1) is 0 Å². The van der Waals surface area contributed by atoms with E-state index < -0.39 is 5.91 Å². The number of nitrogens with one attached hydrogen (secondary N) is 1. The molecule has 1 N–H and O–H groups in total. The fraction of sp³-hybridized carbons (Fsp3) is 0.167. The van der Waals surface area contributed by atoms with Crippen molar-refractivity contribution in [3.05, 3.63) is 18.2 Å². The van der Waals surface area contributed by atoms with Gasteiger partial charge < -0.3 is 4.57 Å². The van der Waals surface area contributed by atoms with E-state index in [9.17, 15) is 4.79 Å². The summed E-state index contributed by atoms with van der Waals surface area (Å²) in [6, 6.07) is 0. The number of imidazole rings is 1. The van der Waals surface area contributed by atoms with E-state index in [1.54, 1.807) is 13.2 Å². The third-order valence-electron chi connectivity index (χ3n) is 1.19. The molecule has 0 fully saturated rings. The lowest BCUT2D eigenvalue weighted by molar-refractivity contribution is 0.0959. The standard InChI is InChI=1S/C6H6N4O/c1-10-3-2-8-5(10)6(11)9-4-7/h2-3H,1H3,(H,9,11). The topological polar surface area (TPSA) is 70.7 Å². The van der Waals surface area contributed by atoms with Crippen LogP contribution >= 0.6 is 0 Å². The predicted molar refractivity (Wildman–Crippen MR) is 36.3 cm³/mol. The van der Waals surface area contributed by atoms with Crippen LogP contribution in [0.2, 0.25) is 0 Å². The number of hydrogen-bond acceptors (Lipinski definition) is 3. The molecule has 0 radical (unpaired) electrons. The van der Waals surface area contributed by atoms with Gasteiger partial charge in [-0.15, -0.1) is 0 Å². The number of nitriles is 1. The second-order valence-electron chi connectivity index (χ2n) is 1.93. The minimum atomic E-state index is -0.486. The van der Waals surface area contributed by atoms with E-state index in [4.69, 9.17) is 5.26 Å². The first-order chi connectivity index (χ1) is 5.25. The number of carbonyl (C=O) groups excluding carboxylic acids is 1. The Balaban J connectivity index is 2.86. The molecule has 0 spiro atoms. The molecule has 0 aliphatic rings. The SMILES string of the molecule is Cn1ccnc1C(=O)NC#N. The van der Waals surface area contributed by atoms with E-state index in [1.165, 1.54) is 17.0 Å². The van der Waals surface area contributed by atoms with Crippen molar-refractivity contribution in [2.24, 2.45) is 7.05 Å². The van der Waals surface area contributed by atoms with Crippen molar-refractivity contribution in [2.75, 3.05) is 0 Å². The van der Waals surface area contributed by atoms with Crippen LogP contribution in [0, 0.1) is 11.5 Å². The number of hydrogen-bond donors (Lipinski definition) is 1. The highest BCUT2D eigenvalue weighted by atomic mass is 16.2.